The number of rotatable bonds is 7. The van der Waals surface area contributed by atoms with Crippen molar-refractivity contribution in [2.45, 2.75) is 37.6 Å². The molecule has 0 bridgehead atoms. The van der Waals surface area contributed by atoms with Gasteiger partial charge in [-0.3, -0.25) is 4.79 Å². The highest BCUT2D eigenvalue weighted by Crippen LogP contribution is 2.27. The second-order valence-electron chi connectivity index (χ2n) is 6.19. The molecule has 0 spiro atoms. The number of unbranched alkanes of at least 4 members (excludes halogenated alkanes) is 1. The smallest absolute Gasteiger partial charge is 0.312 e. The molecule has 1 aromatic rings. The van der Waals surface area contributed by atoms with Gasteiger partial charge in [0.2, 0.25) is 5.91 Å². The zero-order valence-corrected chi connectivity index (χ0v) is 14.0. The van der Waals surface area contributed by atoms with E-state index in [9.17, 15) is 18.4 Å². The first-order valence-corrected chi connectivity index (χ1v) is 8.45. The Morgan fingerprint density at radius 3 is 2.76 bits per heavy atom. The van der Waals surface area contributed by atoms with Gasteiger partial charge < -0.3 is 21.7 Å². The number of halogens is 2. The first kappa shape index (κ1) is 19.1. The molecule has 2 rings (SSSR count). The number of nitrogens with two attached hydrogens (primary N) is 1. The lowest BCUT2D eigenvalue weighted by atomic mass is 9.86. The summed E-state index contributed by atoms with van der Waals surface area (Å²) in [5, 5.41) is 8.65. The van der Waals surface area contributed by atoms with Crippen LogP contribution in [0.15, 0.2) is 18.2 Å². The highest BCUT2D eigenvalue weighted by Gasteiger charge is 2.28. The SMILES string of the molecule is NC(=O)NCCCCC(=O)NC1CNCCC1c1ccc(F)c(F)c1. The molecule has 0 saturated carbocycles. The molecule has 25 heavy (non-hydrogen) atoms. The van der Waals surface area contributed by atoms with E-state index >= 15 is 0 Å². The summed E-state index contributed by atoms with van der Waals surface area (Å²) < 4.78 is 26.6. The fraction of sp³-hybridized carbons (Fsp3) is 0.529. The number of amides is 3. The van der Waals surface area contributed by atoms with E-state index in [1.54, 1.807) is 6.07 Å². The summed E-state index contributed by atoms with van der Waals surface area (Å²) in [6.07, 6.45) is 2.36. The van der Waals surface area contributed by atoms with Crippen molar-refractivity contribution in [3.63, 3.8) is 0 Å². The van der Waals surface area contributed by atoms with E-state index in [0.717, 1.165) is 19.0 Å². The van der Waals surface area contributed by atoms with Gasteiger partial charge in [0.15, 0.2) is 11.6 Å². The quantitative estimate of drug-likeness (QED) is 0.557. The summed E-state index contributed by atoms with van der Waals surface area (Å²) >= 11 is 0. The van der Waals surface area contributed by atoms with E-state index in [1.165, 1.54) is 6.07 Å². The second kappa shape index (κ2) is 9.31. The summed E-state index contributed by atoms with van der Waals surface area (Å²) in [4.78, 5) is 22.7. The molecule has 5 N–H and O–H groups in total. The van der Waals surface area contributed by atoms with Crippen molar-refractivity contribution in [3.8, 4) is 0 Å². The van der Waals surface area contributed by atoms with Crippen molar-refractivity contribution < 1.29 is 18.4 Å². The molecule has 2 unspecified atom stereocenters. The van der Waals surface area contributed by atoms with Crippen LogP contribution in [0.5, 0.6) is 0 Å². The number of hydrogen-bond acceptors (Lipinski definition) is 3. The van der Waals surface area contributed by atoms with Crippen LogP contribution in [0.2, 0.25) is 0 Å². The summed E-state index contributed by atoms with van der Waals surface area (Å²) in [6, 6.07) is 3.15. The van der Waals surface area contributed by atoms with Gasteiger partial charge >= 0.3 is 6.03 Å². The maximum atomic E-state index is 13.5. The Kier molecular flexibility index (Phi) is 7.12. The molecule has 8 heteroatoms. The van der Waals surface area contributed by atoms with E-state index in [2.05, 4.69) is 16.0 Å². The molecule has 2 atom stereocenters. The summed E-state index contributed by atoms with van der Waals surface area (Å²) in [5.41, 5.74) is 5.65. The number of nitrogens with one attached hydrogen (secondary N) is 3. The van der Waals surface area contributed by atoms with Crippen LogP contribution in [-0.4, -0.2) is 37.6 Å². The third-order valence-electron chi connectivity index (χ3n) is 4.33. The van der Waals surface area contributed by atoms with Crippen LogP contribution >= 0.6 is 0 Å². The number of urea groups is 1. The molecule has 1 aromatic carbocycles. The van der Waals surface area contributed by atoms with Crippen molar-refractivity contribution in [2.75, 3.05) is 19.6 Å². The minimum atomic E-state index is -0.872. The Bertz CT molecular complexity index is 612. The third-order valence-corrected chi connectivity index (χ3v) is 4.33. The van der Waals surface area contributed by atoms with E-state index in [0.29, 0.717) is 37.9 Å². The van der Waals surface area contributed by atoms with Crippen molar-refractivity contribution >= 4 is 11.9 Å². The number of primary amides is 1. The van der Waals surface area contributed by atoms with Crippen molar-refractivity contribution in [3.05, 3.63) is 35.4 Å². The number of piperidine rings is 1. The van der Waals surface area contributed by atoms with Gasteiger partial charge in [-0.25, -0.2) is 13.6 Å². The van der Waals surface area contributed by atoms with E-state index in [4.69, 9.17) is 5.73 Å². The van der Waals surface area contributed by atoms with Gasteiger partial charge in [-0.1, -0.05) is 6.07 Å². The van der Waals surface area contributed by atoms with Crippen LogP contribution in [0.25, 0.3) is 0 Å². The molecule has 0 radical (unpaired) electrons. The average molecular weight is 354 g/mol. The Hall–Kier alpha value is -2.22. The topological polar surface area (TPSA) is 96.2 Å². The van der Waals surface area contributed by atoms with Crippen LogP contribution in [-0.2, 0) is 4.79 Å². The van der Waals surface area contributed by atoms with E-state index in [1.807, 2.05) is 0 Å². The molecule has 1 heterocycles. The van der Waals surface area contributed by atoms with Gasteiger partial charge in [0.05, 0.1) is 0 Å². The fourth-order valence-corrected chi connectivity index (χ4v) is 3.05. The molecule has 0 aliphatic carbocycles. The molecule has 138 valence electrons. The van der Waals surface area contributed by atoms with Crippen LogP contribution in [0.1, 0.15) is 37.2 Å². The number of carbonyl (C=O) groups is 2. The molecule has 1 aliphatic rings. The lowest BCUT2D eigenvalue weighted by Crippen LogP contribution is -2.50. The van der Waals surface area contributed by atoms with Crippen molar-refractivity contribution in [1.82, 2.24) is 16.0 Å². The van der Waals surface area contributed by atoms with Gasteiger partial charge in [-0.05, 0) is 43.5 Å². The van der Waals surface area contributed by atoms with Gasteiger partial charge in [-0.2, -0.15) is 0 Å². The molecule has 1 aliphatic heterocycles. The standard InChI is InChI=1S/C17H24F2N4O2/c18-13-5-4-11(9-14(13)19)12-6-8-21-10-15(12)23-16(24)3-1-2-7-22-17(20)25/h4-5,9,12,15,21H,1-3,6-8,10H2,(H,23,24)(H3,20,22,25). The highest BCUT2D eigenvalue weighted by atomic mass is 19.2. The lowest BCUT2D eigenvalue weighted by Gasteiger charge is -2.33. The van der Waals surface area contributed by atoms with Crippen LogP contribution in [0.4, 0.5) is 13.6 Å². The Morgan fingerprint density at radius 1 is 1.24 bits per heavy atom. The molecule has 1 fully saturated rings. The second-order valence-corrected chi connectivity index (χ2v) is 6.19. The minimum Gasteiger partial charge on any atom is -0.352 e. The van der Waals surface area contributed by atoms with Gasteiger partial charge in [0.25, 0.3) is 0 Å². The monoisotopic (exact) mass is 354 g/mol. The Balaban J connectivity index is 1.86. The molecular formula is C17H24F2N4O2. The van der Waals surface area contributed by atoms with Gasteiger partial charge in [-0.15, -0.1) is 0 Å². The van der Waals surface area contributed by atoms with Crippen LogP contribution in [0, 0.1) is 11.6 Å². The molecule has 6 nitrogen and oxygen atoms in total. The highest BCUT2D eigenvalue weighted by molar-refractivity contribution is 5.76. The zero-order valence-electron chi connectivity index (χ0n) is 14.0. The Morgan fingerprint density at radius 2 is 2.04 bits per heavy atom. The fourth-order valence-electron chi connectivity index (χ4n) is 3.05. The first-order chi connectivity index (χ1) is 12.0. The minimum absolute atomic E-state index is 0.0585. The summed E-state index contributed by atoms with van der Waals surface area (Å²) in [5.74, 6) is -1.90. The van der Waals surface area contributed by atoms with Crippen LogP contribution < -0.4 is 21.7 Å². The first-order valence-electron chi connectivity index (χ1n) is 8.45. The zero-order chi connectivity index (χ0) is 18.2. The molecule has 3 amide bonds. The van der Waals surface area contributed by atoms with Gasteiger partial charge in [0, 0.05) is 31.5 Å². The molecular weight excluding hydrogens is 330 g/mol. The Labute approximate surface area is 145 Å². The van der Waals surface area contributed by atoms with E-state index < -0.39 is 17.7 Å². The van der Waals surface area contributed by atoms with Gasteiger partial charge in [0.1, 0.15) is 0 Å². The van der Waals surface area contributed by atoms with Crippen molar-refractivity contribution in [1.29, 1.82) is 0 Å². The number of benzene rings is 1. The maximum absolute atomic E-state index is 13.5. The average Bonchev–Trinajstić information content (AvgIpc) is 2.57. The summed E-state index contributed by atoms with van der Waals surface area (Å²) in [7, 11) is 0. The van der Waals surface area contributed by atoms with Crippen LogP contribution in [0.3, 0.4) is 0 Å². The number of hydrogen-bond donors (Lipinski definition) is 4. The molecule has 0 aromatic heterocycles. The predicted molar refractivity (Wildman–Crippen MR) is 90.0 cm³/mol. The number of carbonyl (C=O) groups excluding carboxylic acids is 2. The van der Waals surface area contributed by atoms with Crippen molar-refractivity contribution in [2.24, 2.45) is 5.73 Å². The summed E-state index contributed by atoms with van der Waals surface area (Å²) in [6.45, 7) is 1.78. The largest absolute Gasteiger partial charge is 0.352 e. The predicted octanol–water partition coefficient (Wildman–Crippen LogP) is 1.37. The third kappa shape index (κ3) is 5.97. The van der Waals surface area contributed by atoms with E-state index in [-0.39, 0.29) is 17.9 Å². The normalized spacial score (nSPS) is 20.1. The molecule has 1 saturated heterocycles. The lowest BCUT2D eigenvalue weighted by molar-refractivity contribution is -0.122. The maximum Gasteiger partial charge on any atom is 0.312 e.